The fourth-order valence-corrected chi connectivity index (χ4v) is 3.39. The molecule has 1 aliphatic heterocycles. The Kier molecular flexibility index (Phi) is 8.52. The minimum atomic E-state index is 0.126. The van der Waals surface area contributed by atoms with Crippen LogP contribution in [0, 0.1) is 5.92 Å². The van der Waals surface area contributed by atoms with Gasteiger partial charge in [0.05, 0.1) is 11.7 Å². The van der Waals surface area contributed by atoms with E-state index in [0.29, 0.717) is 5.92 Å². The first kappa shape index (κ1) is 21.3. The van der Waals surface area contributed by atoms with Crippen LogP contribution in [0.2, 0.25) is 0 Å². The smallest absolute Gasteiger partial charge is 0.191 e. The average molecular weight is 400 g/mol. The van der Waals surface area contributed by atoms with Crippen LogP contribution >= 0.6 is 0 Å². The predicted molar refractivity (Wildman–Crippen MR) is 115 cm³/mol. The first-order chi connectivity index (χ1) is 14.3. The van der Waals surface area contributed by atoms with Crippen LogP contribution in [-0.2, 0) is 9.47 Å². The molecule has 0 amide bonds. The Balaban J connectivity index is 1.37. The molecule has 1 fully saturated rings. The standard InChI is InChI=1S/C22H33N5O2/c1-18(20-6-3-7-21(16-20)27-12-4-11-25-27)26-22(23-2)24-10-5-13-29-17-19-8-14-28-15-9-19/h3-4,6-7,11-12,16,18-19H,5,8-10,13-15,17H2,1-2H3,(H2,23,24,26). The van der Waals surface area contributed by atoms with Crippen molar-refractivity contribution in [2.75, 3.05) is 40.0 Å². The minimum absolute atomic E-state index is 0.126. The Labute approximate surface area is 173 Å². The summed E-state index contributed by atoms with van der Waals surface area (Å²) in [6.07, 6.45) is 6.92. The van der Waals surface area contributed by atoms with Gasteiger partial charge in [0.25, 0.3) is 0 Å². The van der Waals surface area contributed by atoms with E-state index in [1.54, 1.807) is 13.2 Å². The third kappa shape index (κ3) is 6.87. The van der Waals surface area contributed by atoms with Crippen molar-refractivity contribution < 1.29 is 9.47 Å². The SMILES string of the molecule is CN=C(NCCCOCC1CCOCC1)NC(C)c1cccc(-n2cccn2)c1. The Hall–Kier alpha value is -2.38. The van der Waals surface area contributed by atoms with Gasteiger partial charge in [-0.1, -0.05) is 12.1 Å². The number of rotatable bonds is 9. The molecule has 1 aromatic carbocycles. The normalized spacial score (nSPS) is 16.6. The van der Waals surface area contributed by atoms with Crippen LogP contribution in [0.25, 0.3) is 5.69 Å². The molecule has 1 aliphatic rings. The maximum atomic E-state index is 5.82. The maximum Gasteiger partial charge on any atom is 0.191 e. The summed E-state index contributed by atoms with van der Waals surface area (Å²) >= 11 is 0. The van der Waals surface area contributed by atoms with Crippen molar-refractivity contribution in [3.8, 4) is 5.69 Å². The van der Waals surface area contributed by atoms with Gasteiger partial charge in [0, 0.05) is 52.4 Å². The number of nitrogens with one attached hydrogen (secondary N) is 2. The molecule has 2 heterocycles. The van der Waals surface area contributed by atoms with Crippen LogP contribution in [0.1, 0.15) is 37.8 Å². The molecule has 0 bridgehead atoms. The molecule has 29 heavy (non-hydrogen) atoms. The highest BCUT2D eigenvalue weighted by molar-refractivity contribution is 5.80. The van der Waals surface area contributed by atoms with E-state index in [1.165, 1.54) is 5.56 Å². The molecule has 2 N–H and O–H groups in total. The quantitative estimate of drug-likeness (QED) is 0.385. The fourth-order valence-electron chi connectivity index (χ4n) is 3.39. The van der Waals surface area contributed by atoms with E-state index in [2.05, 4.69) is 51.9 Å². The molecule has 1 saturated heterocycles. The second-order valence-corrected chi connectivity index (χ2v) is 7.39. The molecular formula is C22H33N5O2. The molecule has 0 radical (unpaired) electrons. The number of nitrogens with zero attached hydrogens (tertiary/aromatic N) is 3. The van der Waals surface area contributed by atoms with E-state index in [9.17, 15) is 0 Å². The summed E-state index contributed by atoms with van der Waals surface area (Å²) in [4.78, 5) is 4.34. The predicted octanol–water partition coefficient (Wildman–Crippen LogP) is 2.93. The van der Waals surface area contributed by atoms with Gasteiger partial charge in [-0.2, -0.15) is 5.10 Å². The number of hydrogen-bond donors (Lipinski definition) is 2. The zero-order valence-corrected chi connectivity index (χ0v) is 17.5. The molecule has 0 saturated carbocycles. The third-order valence-electron chi connectivity index (χ3n) is 5.17. The molecule has 1 unspecified atom stereocenters. The van der Waals surface area contributed by atoms with Crippen LogP contribution in [-0.4, -0.2) is 55.8 Å². The zero-order chi connectivity index (χ0) is 20.3. The summed E-state index contributed by atoms with van der Waals surface area (Å²) in [6.45, 7) is 6.32. The van der Waals surface area contributed by atoms with Gasteiger partial charge in [-0.15, -0.1) is 0 Å². The van der Waals surface area contributed by atoms with E-state index in [1.807, 2.05) is 16.9 Å². The lowest BCUT2D eigenvalue weighted by Crippen LogP contribution is -2.39. The van der Waals surface area contributed by atoms with Gasteiger partial charge in [0.2, 0.25) is 0 Å². The van der Waals surface area contributed by atoms with Gasteiger partial charge in [-0.25, -0.2) is 4.68 Å². The van der Waals surface area contributed by atoms with E-state index in [-0.39, 0.29) is 6.04 Å². The zero-order valence-electron chi connectivity index (χ0n) is 17.5. The number of guanidine groups is 1. The van der Waals surface area contributed by atoms with Gasteiger partial charge in [0.15, 0.2) is 5.96 Å². The summed E-state index contributed by atoms with van der Waals surface area (Å²) < 4.78 is 13.1. The molecule has 7 nitrogen and oxygen atoms in total. The number of aromatic nitrogens is 2. The highest BCUT2D eigenvalue weighted by Gasteiger charge is 2.13. The third-order valence-corrected chi connectivity index (χ3v) is 5.17. The van der Waals surface area contributed by atoms with Crippen molar-refractivity contribution in [3.63, 3.8) is 0 Å². The lowest BCUT2D eigenvalue weighted by molar-refractivity contribution is 0.0203. The summed E-state index contributed by atoms with van der Waals surface area (Å²) in [5, 5.41) is 11.1. The van der Waals surface area contributed by atoms with E-state index in [4.69, 9.17) is 9.47 Å². The van der Waals surface area contributed by atoms with Gasteiger partial charge in [0.1, 0.15) is 0 Å². The summed E-state index contributed by atoms with van der Waals surface area (Å²) in [6, 6.07) is 10.4. The number of ether oxygens (including phenoxy) is 2. The highest BCUT2D eigenvalue weighted by atomic mass is 16.5. The Morgan fingerprint density at radius 1 is 1.34 bits per heavy atom. The molecule has 1 aromatic heterocycles. The Bertz CT molecular complexity index is 741. The molecule has 2 aromatic rings. The monoisotopic (exact) mass is 399 g/mol. The molecule has 3 rings (SSSR count). The van der Waals surface area contributed by atoms with Crippen molar-refractivity contribution in [1.29, 1.82) is 0 Å². The molecule has 158 valence electrons. The number of hydrogen-bond acceptors (Lipinski definition) is 4. The molecule has 1 atom stereocenters. The van der Waals surface area contributed by atoms with Crippen molar-refractivity contribution in [2.24, 2.45) is 10.9 Å². The number of benzene rings is 1. The summed E-state index contributed by atoms with van der Waals surface area (Å²) in [7, 11) is 1.80. The van der Waals surface area contributed by atoms with Crippen LogP contribution < -0.4 is 10.6 Å². The van der Waals surface area contributed by atoms with Crippen LogP contribution in [0.5, 0.6) is 0 Å². The second-order valence-electron chi connectivity index (χ2n) is 7.39. The van der Waals surface area contributed by atoms with Crippen molar-refractivity contribution in [2.45, 2.75) is 32.2 Å². The van der Waals surface area contributed by atoms with Gasteiger partial charge < -0.3 is 20.1 Å². The topological polar surface area (TPSA) is 72.7 Å². The molecular weight excluding hydrogens is 366 g/mol. The van der Waals surface area contributed by atoms with Crippen LogP contribution in [0.15, 0.2) is 47.7 Å². The van der Waals surface area contributed by atoms with Gasteiger partial charge >= 0.3 is 0 Å². The molecule has 0 aliphatic carbocycles. The number of aliphatic imine (C=N–C) groups is 1. The van der Waals surface area contributed by atoms with Crippen molar-refractivity contribution in [1.82, 2.24) is 20.4 Å². The van der Waals surface area contributed by atoms with E-state index < -0.39 is 0 Å². The van der Waals surface area contributed by atoms with Gasteiger partial charge in [-0.05, 0) is 55.9 Å². The van der Waals surface area contributed by atoms with Crippen LogP contribution in [0.3, 0.4) is 0 Å². The summed E-state index contributed by atoms with van der Waals surface area (Å²) in [5.74, 6) is 1.45. The molecule has 0 spiro atoms. The van der Waals surface area contributed by atoms with Crippen molar-refractivity contribution >= 4 is 5.96 Å². The minimum Gasteiger partial charge on any atom is -0.381 e. The second kappa shape index (κ2) is 11.6. The van der Waals surface area contributed by atoms with Crippen LogP contribution in [0.4, 0.5) is 0 Å². The lowest BCUT2D eigenvalue weighted by atomic mass is 10.0. The lowest BCUT2D eigenvalue weighted by Gasteiger charge is -2.22. The summed E-state index contributed by atoms with van der Waals surface area (Å²) in [5.41, 5.74) is 2.23. The maximum absolute atomic E-state index is 5.82. The molecule has 7 heteroatoms. The average Bonchev–Trinajstić information content (AvgIpc) is 3.31. The Morgan fingerprint density at radius 3 is 2.97 bits per heavy atom. The Morgan fingerprint density at radius 2 is 2.21 bits per heavy atom. The van der Waals surface area contributed by atoms with E-state index >= 15 is 0 Å². The first-order valence-corrected chi connectivity index (χ1v) is 10.5. The van der Waals surface area contributed by atoms with Crippen molar-refractivity contribution in [3.05, 3.63) is 48.3 Å². The highest BCUT2D eigenvalue weighted by Crippen LogP contribution is 2.16. The van der Waals surface area contributed by atoms with E-state index in [0.717, 1.165) is 63.9 Å². The fraction of sp³-hybridized carbons (Fsp3) is 0.545. The van der Waals surface area contributed by atoms with Gasteiger partial charge in [-0.3, -0.25) is 4.99 Å². The first-order valence-electron chi connectivity index (χ1n) is 10.5. The largest absolute Gasteiger partial charge is 0.381 e.